The SMILES string of the molecule is CCCC(C)NC(=O)CN1CCN(S(=O)(=O)c2ccc(C)s2)CC1. The number of hydrogen-bond donors (Lipinski definition) is 1. The second kappa shape index (κ2) is 8.42. The molecule has 8 heteroatoms. The van der Waals surface area contributed by atoms with Crippen LogP contribution in [0.4, 0.5) is 0 Å². The summed E-state index contributed by atoms with van der Waals surface area (Å²) in [5, 5.41) is 2.99. The van der Waals surface area contributed by atoms with Gasteiger partial charge in [0, 0.05) is 37.1 Å². The van der Waals surface area contributed by atoms with Crippen molar-refractivity contribution in [1.29, 1.82) is 0 Å². The van der Waals surface area contributed by atoms with Gasteiger partial charge in [0.25, 0.3) is 10.0 Å². The normalized spacial score (nSPS) is 18.5. The topological polar surface area (TPSA) is 69.7 Å². The Balaban J connectivity index is 1.84. The van der Waals surface area contributed by atoms with Crippen molar-refractivity contribution in [2.45, 2.75) is 43.9 Å². The quantitative estimate of drug-likeness (QED) is 0.789. The Labute approximate surface area is 148 Å². The highest BCUT2D eigenvalue weighted by Gasteiger charge is 2.30. The van der Waals surface area contributed by atoms with Crippen molar-refractivity contribution in [2.24, 2.45) is 0 Å². The number of amides is 1. The summed E-state index contributed by atoms with van der Waals surface area (Å²) >= 11 is 1.30. The predicted molar refractivity (Wildman–Crippen MR) is 96.8 cm³/mol. The van der Waals surface area contributed by atoms with Gasteiger partial charge in [0.15, 0.2) is 0 Å². The molecular weight excluding hydrogens is 346 g/mol. The smallest absolute Gasteiger partial charge is 0.252 e. The van der Waals surface area contributed by atoms with Crippen LogP contribution in [0, 0.1) is 6.92 Å². The second-order valence-corrected chi connectivity index (χ2v) is 9.76. The third-order valence-corrected chi connectivity index (χ3v) is 7.50. The largest absolute Gasteiger partial charge is 0.353 e. The third kappa shape index (κ3) is 5.02. The molecule has 1 aliphatic heterocycles. The fourth-order valence-electron chi connectivity index (χ4n) is 2.83. The van der Waals surface area contributed by atoms with Crippen molar-refractivity contribution in [3.8, 4) is 0 Å². The number of carbonyl (C=O) groups is 1. The molecule has 1 aliphatic rings. The molecule has 1 saturated heterocycles. The van der Waals surface area contributed by atoms with E-state index in [1.165, 1.54) is 15.6 Å². The summed E-state index contributed by atoms with van der Waals surface area (Å²) in [4.78, 5) is 15.0. The number of rotatable bonds is 7. The van der Waals surface area contributed by atoms with Crippen LogP contribution >= 0.6 is 11.3 Å². The second-order valence-electron chi connectivity index (χ2n) is 6.30. The molecule has 1 amide bonds. The summed E-state index contributed by atoms with van der Waals surface area (Å²) in [7, 11) is -3.39. The first-order valence-electron chi connectivity index (χ1n) is 8.41. The molecule has 1 fully saturated rings. The summed E-state index contributed by atoms with van der Waals surface area (Å²) in [5.41, 5.74) is 0. The average molecular weight is 374 g/mol. The van der Waals surface area contributed by atoms with E-state index in [2.05, 4.69) is 12.2 Å². The maximum atomic E-state index is 12.6. The van der Waals surface area contributed by atoms with Gasteiger partial charge in [-0.3, -0.25) is 9.69 Å². The molecule has 0 saturated carbocycles. The van der Waals surface area contributed by atoms with Crippen LogP contribution in [0.25, 0.3) is 0 Å². The first kappa shape index (κ1) is 19.4. The van der Waals surface area contributed by atoms with E-state index >= 15 is 0 Å². The van der Waals surface area contributed by atoms with Gasteiger partial charge >= 0.3 is 0 Å². The highest BCUT2D eigenvalue weighted by atomic mass is 32.2. The Hall–Kier alpha value is -0.960. The molecule has 0 spiro atoms. The van der Waals surface area contributed by atoms with Crippen molar-refractivity contribution in [3.63, 3.8) is 0 Å². The number of nitrogens with zero attached hydrogens (tertiary/aromatic N) is 2. The molecule has 1 atom stereocenters. The molecule has 136 valence electrons. The minimum absolute atomic E-state index is 0.0149. The van der Waals surface area contributed by atoms with Crippen molar-refractivity contribution in [2.75, 3.05) is 32.7 Å². The minimum atomic E-state index is -3.39. The Kier molecular flexibility index (Phi) is 6.79. The molecule has 2 heterocycles. The van der Waals surface area contributed by atoms with Gasteiger partial charge in [-0.25, -0.2) is 8.42 Å². The van der Waals surface area contributed by atoms with Gasteiger partial charge in [-0.2, -0.15) is 4.31 Å². The number of nitrogens with one attached hydrogen (secondary N) is 1. The Morgan fingerprint density at radius 3 is 2.50 bits per heavy atom. The number of piperazine rings is 1. The Morgan fingerprint density at radius 1 is 1.29 bits per heavy atom. The summed E-state index contributed by atoms with van der Waals surface area (Å²) in [5.74, 6) is 0.0149. The van der Waals surface area contributed by atoms with Crippen LogP contribution in [0.1, 0.15) is 31.6 Å². The zero-order valence-corrected chi connectivity index (χ0v) is 16.3. The number of thiophene rings is 1. The summed E-state index contributed by atoms with van der Waals surface area (Å²) in [6.45, 7) is 8.36. The van der Waals surface area contributed by atoms with E-state index in [0.717, 1.165) is 17.7 Å². The van der Waals surface area contributed by atoms with E-state index in [1.807, 2.05) is 24.8 Å². The molecular formula is C16H27N3O3S2. The van der Waals surface area contributed by atoms with Gasteiger partial charge in [-0.05, 0) is 32.4 Å². The molecule has 1 aromatic rings. The molecule has 1 aromatic heterocycles. The van der Waals surface area contributed by atoms with E-state index in [1.54, 1.807) is 6.07 Å². The lowest BCUT2D eigenvalue weighted by Gasteiger charge is -2.33. The van der Waals surface area contributed by atoms with Gasteiger partial charge in [0.05, 0.1) is 6.54 Å². The van der Waals surface area contributed by atoms with Crippen LogP contribution in [-0.4, -0.2) is 62.3 Å². The van der Waals surface area contributed by atoms with Gasteiger partial charge in [0.1, 0.15) is 4.21 Å². The molecule has 0 aromatic carbocycles. The maximum absolute atomic E-state index is 12.6. The molecule has 6 nitrogen and oxygen atoms in total. The first-order valence-corrected chi connectivity index (χ1v) is 10.7. The van der Waals surface area contributed by atoms with Crippen molar-refractivity contribution >= 4 is 27.3 Å². The van der Waals surface area contributed by atoms with Crippen LogP contribution in [0.2, 0.25) is 0 Å². The lowest BCUT2D eigenvalue weighted by molar-refractivity contribution is -0.123. The fourth-order valence-corrected chi connectivity index (χ4v) is 5.69. The van der Waals surface area contributed by atoms with E-state index in [9.17, 15) is 13.2 Å². The fraction of sp³-hybridized carbons (Fsp3) is 0.688. The Morgan fingerprint density at radius 2 is 1.96 bits per heavy atom. The average Bonchev–Trinajstić information content (AvgIpc) is 2.95. The summed E-state index contributed by atoms with van der Waals surface area (Å²) in [6.07, 6.45) is 2.01. The molecule has 2 rings (SSSR count). The van der Waals surface area contributed by atoms with E-state index < -0.39 is 10.0 Å². The van der Waals surface area contributed by atoms with E-state index in [0.29, 0.717) is 36.9 Å². The monoisotopic (exact) mass is 373 g/mol. The van der Waals surface area contributed by atoms with Crippen LogP contribution in [-0.2, 0) is 14.8 Å². The zero-order valence-electron chi connectivity index (χ0n) is 14.6. The highest BCUT2D eigenvalue weighted by Crippen LogP contribution is 2.25. The minimum Gasteiger partial charge on any atom is -0.353 e. The number of hydrogen-bond acceptors (Lipinski definition) is 5. The van der Waals surface area contributed by atoms with Crippen molar-refractivity contribution in [1.82, 2.24) is 14.5 Å². The molecule has 0 aliphatic carbocycles. The van der Waals surface area contributed by atoms with Gasteiger partial charge in [0.2, 0.25) is 5.91 Å². The lowest BCUT2D eigenvalue weighted by Crippen LogP contribution is -2.51. The van der Waals surface area contributed by atoms with Gasteiger partial charge < -0.3 is 5.32 Å². The van der Waals surface area contributed by atoms with Crippen LogP contribution < -0.4 is 5.32 Å². The predicted octanol–water partition coefficient (Wildman–Crippen LogP) is 1.67. The van der Waals surface area contributed by atoms with E-state index in [4.69, 9.17) is 0 Å². The van der Waals surface area contributed by atoms with Gasteiger partial charge in [-0.1, -0.05) is 13.3 Å². The molecule has 1 N–H and O–H groups in total. The third-order valence-electron chi connectivity index (χ3n) is 4.14. The Bertz CT molecular complexity index is 649. The maximum Gasteiger partial charge on any atom is 0.252 e. The zero-order chi connectivity index (χ0) is 17.7. The first-order chi connectivity index (χ1) is 11.3. The lowest BCUT2D eigenvalue weighted by atomic mass is 10.2. The molecule has 24 heavy (non-hydrogen) atoms. The molecule has 0 radical (unpaired) electrons. The molecule has 1 unspecified atom stereocenters. The van der Waals surface area contributed by atoms with Crippen LogP contribution in [0.5, 0.6) is 0 Å². The number of sulfonamides is 1. The molecule has 0 bridgehead atoms. The van der Waals surface area contributed by atoms with Crippen molar-refractivity contribution in [3.05, 3.63) is 17.0 Å². The highest BCUT2D eigenvalue weighted by molar-refractivity contribution is 7.91. The van der Waals surface area contributed by atoms with Gasteiger partial charge in [-0.15, -0.1) is 11.3 Å². The standard InChI is InChI=1S/C16H27N3O3S2/c1-4-5-13(2)17-15(20)12-18-8-10-19(11-9-18)24(21,22)16-7-6-14(3)23-16/h6-7,13H,4-5,8-12H2,1-3H3,(H,17,20). The van der Waals surface area contributed by atoms with E-state index in [-0.39, 0.29) is 11.9 Å². The van der Waals surface area contributed by atoms with Crippen LogP contribution in [0.3, 0.4) is 0 Å². The number of aryl methyl sites for hydroxylation is 1. The van der Waals surface area contributed by atoms with Crippen LogP contribution in [0.15, 0.2) is 16.3 Å². The van der Waals surface area contributed by atoms with Crippen molar-refractivity contribution < 1.29 is 13.2 Å². The summed E-state index contributed by atoms with van der Waals surface area (Å²) < 4.78 is 27.1. The number of carbonyl (C=O) groups excluding carboxylic acids is 1. The summed E-state index contributed by atoms with van der Waals surface area (Å²) in [6, 6.07) is 3.69.